The minimum atomic E-state index is -0.569. The van der Waals surface area contributed by atoms with Crippen LogP contribution in [0, 0.1) is 11.3 Å². The average molecular weight is 547 g/mol. The van der Waals surface area contributed by atoms with Gasteiger partial charge in [-0.1, -0.05) is 49.4 Å². The number of anilines is 1. The monoisotopic (exact) mass is 546 g/mol. The second kappa shape index (κ2) is 13.1. The summed E-state index contributed by atoms with van der Waals surface area (Å²) in [4.78, 5) is 32.3. The van der Waals surface area contributed by atoms with Crippen LogP contribution in [0.15, 0.2) is 91.4 Å². The van der Waals surface area contributed by atoms with E-state index in [1.54, 1.807) is 12.3 Å². The van der Waals surface area contributed by atoms with E-state index in [1.807, 2.05) is 88.6 Å². The van der Waals surface area contributed by atoms with Gasteiger partial charge in [-0.2, -0.15) is 5.26 Å². The Morgan fingerprint density at radius 3 is 2.39 bits per heavy atom. The summed E-state index contributed by atoms with van der Waals surface area (Å²) in [5.41, 5.74) is 4.45. The summed E-state index contributed by atoms with van der Waals surface area (Å²) >= 11 is 0. The highest BCUT2D eigenvalue weighted by atomic mass is 16.2. The first-order chi connectivity index (χ1) is 20.0. The fourth-order valence-corrected chi connectivity index (χ4v) is 5.08. The molecule has 2 aromatic carbocycles. The van der Waals surface area contributed by atoms with Gasteiger partial charge in [-0.3, -0.25) is 9.59 Å². The molecule has 1 saturated heterocycles. The topological polar surface area (TPSA) is 103 Å². The van der Waals surface area contributed by atoms with Crippen LogP contribution in [0.2, 0.25) is 0 Å². The number of nitrogens with one attached hydrogen (secondary N) is 2. The highest BCUT2D eigenvalue weighted by Gasteiger charge is 2.22. The number of rotatable bonds is 10. The van der Waals surface area contributed by atoms with Crippen LogP contribution in [0.5, 0.6) is 0 Å². The molecule has 1 aliphatic rings. The maximum Gasteiger partial charge on any atom is 0.247 e. The van der Waals surface area contributed by atoms with Crippen LogP contribution in [-0.2, 0) is 16.1 Å². The molecule has 0 unspecified atom stereocenters. The van der Waals surface area contributed by atoms with Crippen molar-refractivity contribution in [2.45, 2.75) is 38.3 Å². The van der Waals surface area contributed by atoms with E-state index in [9.17, 15) is 9.59 Å². The number of likely N-dealkylation sites (tertiary alicyclic amines) is 1. The summed E-state index contributed by atoms with van der Waals surface area (Å²) in [6.45, 7) is 4.69. The van der Waals surface area contributed by atoms with Crippen molar-refractivity contribution in [3.8, 4) is 17.2 Å². The second-order valence-electron chi connectivity index (χ2n) is 10.5. The lowest BCUT2D eigenvalue weighted by Crippen LogP contribution is -2.35. The van der Waals surface area contributed by atoms with E-state index in [0.717, 1.165) is 48.2 Å². The molecule has 0 saturated carbocycles. The maximum atomic E-state index is 13.4. The van der Waals surface area contributed by atoms with Gasteiger partial charge in [0.2, 0.25) is 11.8 Å². The minimum absolute atomic E-state index is 0.136. The van der Waals surface area contributed by atoms with Crippen molar-refractivity contribution >= 4 is 17.6 Å². The zero-order valence-corrected chi connectivity index (χ0v) is 23.2. The van der Waals surface area contributed by atoms with Gasteiger partial charge in [-0.25, -0.2) is 4.98 Å². The van der Waals surface area contributed by atoms with Gasteiger partial charge in [0.1, 0.15) is 18.4 Å². The Bertz CT molecular complexity index is 1500. The van der Waals surface area contributed by atoms with Gasteiger partial charge < -0.3 is 20.1 Å². The molecule has 0 spiro atoms. The number of hydrogen-bond donors (Lipinski definition) is 2. The fraction of sp³-hybridized carbons (Fsp3) is 0.273. The first kappa shape index (κ1) is 27.8. The van der Waals surface area contributed by atoms with Gasteiger partial charge >= 0.3 is 0 Å². The molecule has 2 aromatic heterocycles. The zero-order valence-electron chi connectivity index (χ0n) is 23.2. The highest BCUT2D eigenvalue weighted by molar-refractivity contribution is 5.95. The summed E-state index contributed by atoms with van der Waals surface area (Å²) < 4.78 is 1.90. The van der Waals surface area contributed by atoms with Crippen LogP contribution >= 0.6 is 0 Å². The van der Waals surface area contributed by atoms with Crippen molar-refractivity contribution in [2.75, 3.05) is 25.0 Å². The van der Waals surface area contributed by atoms with Crippen molar-refractivity contribution < 1.29 is 9.59 Å². The van der Waals surface area contributed by atoms with Crippen LogP contribution < -0.4 is 10.6 Å². The maximum absolute atomic E-state index is 13.4. The normalized spacial score (nSPS) is 14.3. The quantitative estimate of drug-likeness (QED) is 0.288. The second-order valence-corrected chi connectivity index (χ2v) is 10.5. The smallest absolute Gasteiger partial charge is 0.247 e. The molecular formula is C33H34N6O2. The van der Waals surface area contributed by atoms with Crippen LogP contribution in [-0.4, -0.2) is 45.9 Å². The number of pyridine rings is 1. The number of hydrogen-bond acceptors (Lipinski definition) is 5. The van der Waals surface area contributed by atoms with Gasteiger partial charge in [0.05, 0.1) is 11.6 Å². The average Bonchev–Trinajstić information content (AvgIpc) is 3.71. The van der Waals surface area contributed by atoms with E-state index < -0.39 is 6.04 Å². The van der Waals surface area contributed by atoms with Crippen molar-refractivity contribution in [2.24, 2.45) is 0 Å². The fourth-order valence-electron chi connectivity index (χ4n) is 5.08. The van der Waals surface area contributed by atoms with Crippen LogP contribution in [0.4, 0.5) is 5.82 Å². The molecule has 0 bridgehead atoms. The van der Waals surface area contributed by atoms with Crippen molar-refractivity contribution in [1.82, 2.24) is 19.8 Å². The lowest BCUT2D eigenvalue weighted by Gasteiger charge is -2.21. The largest absolute Gasteiger partial charge is 0.344 e. The predicted octanol–water partition coefficient (Wildman–Crippen LogP) is 5.12. The zero-order chi connectivity index (χ0) is 28.6. The lowest BCUT2D eigenvalue weighted by atomic mass is 9.98. The van der Waals surface area contributed by atoms with Gasteiger partial charge in [-0.15, -0.1) is 0 Å². The van der Waals surface area contributed by atoms with Crippen LogP contribution in [0.25, 0.3) is 11.1 Å². The van der Waals surface area contributed by atoms with E-state index in [2.05, 4.69) is 28.6 Å². The van der Waals surface area contributed by atoms with Gasteiger partial charge in [0.15, 0.2) is 0 Å². The summed E-state index contributed by atoms with van der Waals surface area (Å²) in [6, 6.07) is 24.4. The number of benzene rings is 2. The summed E-state index contributed by atoms with van der Waals surface area (Å²) in [7, 11) is 0. The molecule has 3 heterocycles. The Labute approximate surface area is 240 Å². The molecule has 8 nitrogen and oxygen atoms in total. The highest BCUT2D eigenvalue weighted by Crippen LogP contribution is 2.23. The number of amides is 2. The van der Waals surface area contributed by atoms with Crippen molar-refractivity contribution in [1.29, 1.82) is 5.26 Å². The van der Waals surface area contributed by atoms with E-state index >= 15 is 0 Å². The minimum Gasteiger partial charge on any atom is -0.344 e. The Hall–Kier alpha value is -4.74. The van der Waals surface area contributed by atoms with Gasteiger partial charge in [-0.05, 0) is 60.2 Å². The van der Waals surface area contributed by atoms with Crippen molar-refractivity contribution in [3.63, 3.8) is 0 Å². The molecule has 8 heteroatoms. The Morgan fingerprint density at radius 2 is 1.71 bits per heavy atom. The summed E-state index contributed by atoms with van der Waals surface area (Å²) in [6.07, 6.45) is 7.76. The van der Waals surface area contributed by atoms with Crippen LogP contribution in [0.3, 0.4) is 0 Å². The third kappa shape index (κ3) is 7.07. The van der Waals surface area contributed by atoms with E-state index in [4.69, 9.17) is 5.26 Å². The summed E-state index contributed by atoms with van der Waals surface area (Å²) in [5, 5.41) is 15.4. The number of nitrogens with zero attached hydrogens (tertiary/aromatic N) is 4. The molecule has 5 rings (SSSR count). The molecule has 1 fully saturated rings. The molecule has 41 heavy (non-hydrogen) atoms. The molecule has 2 amide bonds. The number of nitriles is 1. The summed E-state index contributed by atoms with van der Waals surface area (Å²) in [5.74, 6) is 0.547. The Morgan fingerprint density at radius 1 is 0.951 bits per heavy atom. The SMILES string of the molecule is C[C@H](CN[C@H](C(=O)Nc1ccc(-c2ccn(CC(=O)N3CCCC3)c2)cn1)c1ccccc1)c1ccc(C#N)cc1. The first-order valence-electron chi connectivity index (χ1n) is 14.0. The molecule has 208 valence electrons. The molecule has 1 aliphatic heterocycles. The molecule has 0 aliphatic carbocycles. The number of carbonyl (C=O) groups excluding carboxylic acids is 2. The molecular weight excluding hydrogens is 512 g/mol. The number of carbonyl (C=O) groups is 2. The van der Waals surface area contributed by atoms with Crippen molar-refractivity contribution in [3.05, 3.63) is 108 Å². The molecule has 2 N–H and O–H groups in total. The van der Waals surface area contributed by atoms with Gasteiger partial charge in [0.25, 0.3) is 0 Å². The number of aromatic nitrogens is 2. The predicted molar refractivity (Wildman–Crippen MR) is 159 cm³/mol. The standard InChI is InChI=1S/C33H34N6O2/c1-24(26-11-9-25(19-34)10-12-26)20-36-32(27-7-3-2-4-8-27)33(41)37-30-14-13-28(21-35-30)29-15-18-38(22-29)23-31(40)39-16-5-6-17-39/h2-4,7-15,18,21-22,24,32,36H,5-6,16-17,20,23H2,1H3,(H,35,37,41)/t24-,32+/m1/s1. The molecule has 0 radical (unpaired) electrons. The Kier molecular flexibility index (Phi) is 8.87. The van der Waals surface area contributed by atoms with E-state index in [-0.39, 0.29) is 17.7 Å². The Balaban J connectivity index is 1.22. The molecule has 2 atom stereocenters. The molecule has 4 aromatic rings. The first-order valence-corrected chi connectivity index (χ1v) is 14.0. The van der Waals surface area contributed by atoms with Gasteiger partial charge in [0, 0.05) is 49.4 Å². The third-order valence-electron chi connectivity index (χ3n) is 7.51. The third-order valence-corrected chi connectivity index (χ3v) is 7.51. The lowest BCUT2D eigenvalue weighted by molar-refractivity contribution is -0.130. The van der Waals surface area contributed by atoms with E-state index in [1.165, 1.54) is 0 Å². The van der Waals surface area contributed by atoms with E-state index in [0.29, 0.717) is 24.5 Å². The van der Waals surface area contributed by atoms with Crippen LogP contribution in [0.1, 0.15) is 48.4 Å².